The number of halogens is 2. The number of ketones is 1. The molecular weight excluding hydrogens is 385 g/mol. The van der Waals surface area contributed by atoms with Gasteiger partial charge in [-0.05, 0) is 41.8 Å². The molecule has 2 aromatic heterocycles. The van der Waals surface area contributed by atoms with Gasteiger partial charge in [-0.3, -0.25) is 9.59 Å². The molecule has 0 aliphatic rings. The van der Waals surface area contributed by atoms with Crippen molar-refractivity contribution in [3.63, 3.8) is 0 Å². The second-order valence-electron chi connectivity index (χ2n) is 4.88. The monoisotopic (exact) mass is 395 g/mol. The van der Waals surface area contributed by atoms with Crippen molar-refractivity contribution in [1.29, 1.82) is 0 Å². The summed E-state index contributed by atoms with van der Waals surface area (Å²) in [6.07, 6.45) is 0. The highest BCUT2D eigenvalue weighted by Gasteiger charge is 2.14. The zero-order valence-corrected chi connectivity index (χ0v) is 15.4. The first-order chi connectivity index (χ1) is 11.5. The molecule has 1 aromatic carbocycles. The van der Waals surface area contributed by atoms with Crippen molar-refractivity contribution in [2.75, 3.05) is 0 Å². The maximum Gasteiger partial charge on any atom is 0.253 e. The molecule has 0 saturated heterocycles. The molecule has 3 rings (SSSR count). The molecule has 2 heterocycles. The fourth-order valence-corrected chi connectivity index (χ4v) is 4.20. The van der Waals surface area contributed by atoms with Crippen LogP contribution in [0.2, 0.25) is 10.0 Å². The van der Waals surface area contributed by atoms with Crippen LogP contribution < -0.4 is 5.32 Å². The Kier molecular flexibility index (Phi) is 5.36. The summed E-state index contributed by atoms with van der Waals surface area (Å²) in [5.74, 6) is -0.274. The Labute approximate surface area is 156 Å². The molecule has 0 unspecified atom stereocenters. The molecule has 1 N–H and O–H groups in total. The molecular formula is C17H11Cl2NO2S2. The summed E-state index contributed by atoms with van der Waals surface area (Å²) in [7, 11) is 0. The van der Waals surface area contributed by atoms with E-state index in [2.05, 4.69) is 5.32 Å². The van der Waals surface area contributed by atoms with Crippen molar-refractivity contribution in [2.45, 2.75) is 6.54 Å². The predicted octanol–water partition coefficient (Wildman–Crippen LogP) is 5.28. The number of benzene rings is 1. The molecule has 122 valence electrons. The number of hydrogen-bond donors (Lipinski definition) is 1. The highest BCUT2D eigenvalue weighted by atomic mass is 35.5. The third-order valence-corrected chi connectivity index (χ3v) is 5.73. The van der Waals surface area contributed by atoms with Gasteiger partial charge in [-0.25, -0.2) is 0 Å². The van der Waals surface area contributed by atoms with E-state index in [4.69, 9.17) is 23.2 Å². The minimum Gasteiger partial charge on any atom is -0.347 e. The first-order valence-electron chi connectivity index (χ1n) is 6.95. The predicted molar refractivity (Wildman–Crippen MR) is 99.7 cm³/mol. The summed E-state index contributed by atoms with van der Waals surface area (Å²) >= 11 is 14.6. The number of amides is 1. The number of nitrogens with one attached hydrogen (secondary N) is 1. The number of hydrogen-bond acceptors (Lipinski definition) is 4. The number of carbonyl (C=O) groups excluding carboxylic acids is 2. The van der Waals surface area contributed by atoms with E-state index in [9.17, 15) is 9.59 Å². The molecule has 0 atom stereocenters. The standard InChI is InChI=1S/C17H11Cl2NO2S2/c18-10-3-5-12(13(19)8-10)17(22)20-9-11-4-6-15(24-11)16(21)14-2-1-7-23-14/h1-8H,9H2,(H,20,22). The fraction of sp³-hybridized carbons (Fsp3) is 0.0588. The first kappa shape index (κ1) is 17.2. The van der Waals surface area contributed by atoms with Crippen LogP contribution in [0.3, 0.4) is 0 Å². The van der Waals surface area contributed by atoms with E-state index in [-0.39, 0.29) is 11.7 Å². The summed E-state index contributed by atoms with van der Waals surface area (Å²) in [6.45, 7) is 0.334. The highest BCUT2D eigenvalue weighted by molar-refractivity contribution is 7.16. The maximum atomic E-state index is 12.3. The van der Waals surface area contributed by atoms with Crippen LogP contribution in [0.15, 0.2) is 47.8 Å². The largest absolute Gasteiger partial charge is 0.347 e. The third-order valence-electron chi connectivity index (χ3n) is 3.23. The molecule has 1 amide bonds. The van der Waals surface area contributed by atoms with Gasteiger partial charge < -0.3 is 5.32 Å². The quantitative estimate of drug-likeness (QED) is 0.597. The smallest absolute Gasteiger partial charge is 0.253 e. The van der Waals surface area contributed by atoms with Gasteiger partial charge >= 0.3 is 0 Å². The molecule has 3 nitrogen and oxygen atoms in total. The fourth-order valence-electron chi connectivity index (χ4n) is 2.06. The minimum absolute atomic E-state index is 0.00771. The van der Waals surface area contributed by atoms with E-state index in [1.165, 1.54) is 28.7 Å². The lowest BCUT2D eigenvalue weighted by molar-refractivity contribution is 0.0951. The Morgan fingerprint density at radius 3 is 2.58 bits per heavy atom. The Morgan fingerprint density at radius 2 is 1.88 bits per heavy atom. The van der Waals surface area contributed by atoms with Gasteiger partial charge in [0.25, 0.3) is 5.91 Å². The number of thiophene rings is 2. The van der Waals surface area contributed by atoms with Crippen molar-refractivity contribution in [1.82, 2.24) is 5.32 Å². The van der Waals surface area contributed by atoms with E-state index in [0.717, 1.165) is 4.88 Å². The van der Waals surface area contributed by atoms with Crippen molar-refractivity contribution >= 4 is 57.6 Å². The Hall–Kier alpha value is -1.66. The van der Waals surface area contributed by atoms with Gasteiger partial charge in [-0.2, -0.15) is 0 Å². The number of carbonyl (C=O) groups is 2. The molecule has 0 bridgehead atoms. The molecule has 0 aliphatic carbocycles. The van der Waals surface area contributed by atoms with E-state index >= 15 is 0 Å². The van der Waals surface area contributed by atoms with E-state index < -0.39 is 0 Å². The lowest BCUT2D eigenvalue weighted by Gasteiger charge is -2.05. The summed E-state index contributed by atoms with van der Waals surface area (Å²) in [4.78, 5) is 26.7. The molecule has 0 fully saturated rings. The van der Waals surface area contributed by atoms with Crippen molar-refractivity contribution in [2.24, 2.45) is 0 Å². The van der Waals surface area contributed by atoms with Crippen molar-refractivity contribution < 1.29 is 9.59 Å². The Bertz CT molecular complexity index is 888. The summed E-state index contributed by atoms with van der Waals surface area (Å²) in [5.41, 5.74) is 0.368. The molecule has 0 aliphatic heterocycles. The van der Waals surface area contributed by atoms with Crippen LogP contribution in [0.5, 0.6) is 0 Å². The van der Waals surface area contributed by atoms with Crippen LogP contribution in [-0.4, -0.2) is 11.7 Å². The van der Waals surface area contributed by atoms with Gasteiger partial charge in [0.05, 0.1) is 26.9 Å². The van der Waals surface area contributed by atoms with Crippen LogP contribution in [-0.2, 0) is 6.54 Å². The van der Waals surface area contributed by atoms with Gasteiger partial charge in [-0.15, -0.1) is 22.7 Å². The van der Waals surface area contributed by atoms with Gasteiger partial charge in [0.15, 0.2) is 0 Å². The molecule has 0 saturated carbocycles. The molecule has 0 spiro atoms. The Morgan fingerprint density at radius 1 is 1.04 bits per heavy atom. The highest BCUT2D eigenvalue weighted by Crippen LogP contribution is 2.23. The van der Waals surface area contributed by atoms with Crippen molar-refractivity contribution in [3.05, 3.63) is 78.1 Å². The molecule has 3 aromatic rings. The van der Waals surface area contributed by atoms with Crippen LogP contribution in [0.4, 0.5) is 0 Å². The average Bonchev–Trinajstić information content (AvgIpc) is 3.24. The lowest BCUT2D eigenvalue weighted by atomic mass is 10.2. The number of rotatable bonds is 5. The van der Waals surface area contributed by atoms with Crippen LogP contribution in [0, 0.1) is 0 Å². The van der Waals surface area contributed by atoms with E-state index in [0.29, 0.717) is 31.9 Å². The van der Waals surface area contributed by atoms with Crippen LogP contribution >= 0.6 is 45.9 Å². The minimum atomic E-state index is -0.281. The van der Waals surface area contributed by atoms with Crippen LogP contribution in [0.25, 0.3) is 0 Å². The van der Waals surface area contributed by atoms with Crippen LogP contribution in [0.1, 0.15) is 29.8 Å². The van der Waals surface area contributed by atoms with E-state index in [1.807, 2.05) is 17.5 Å². The van der Waals surface area contributed by atoms with Crippen molar-refractivity contribution in [3.8, 4) is 0 Å². The van der Waals surface area contributed by atoms with Gasteiger partial charge in [0.2, 0.25) is 5.78 Å². The summed E-state index contributed by atoms with van der Waals surface area (Å²) < 4.78 is 0. The topological polar surface area (TPSA) is 46.2 Å². The second kappa shape index (κ2) is 7.49. The normalized spacial score (nSPS) is 10.6. The molecule has 7 heteroatoms. The summed E-state index contributed by atoms with van der Waals surface area (Å²) in [5, 5.41) is 5.45. The maximum absolute atomic E-state index is 12.3. The second-order valence-corrected chi connectivity index (χ2v) is 7.84. The zero-order valence-electron chi connectivity index (χ0n) is 12.2. The zero-order chi connectivity index (χ0) is 17.1. The first-order valence-corrected chi connectivity index (χ1v) is 9.40. The third kappa shape index (κ3) is 3.87. The van der Waals surface area contributed by atoms with Gasteiger partial charge in [0.1, 0.15) is 0 Å². The van der Waals surface area contributed by atoms with Gasteiger partial charge in [0, 0.05) is 9.90 Å². The summed E-state index contributed by atoms with van der Waals surface area (Å²) in [6, 6.07) is 12.0. The Balaban J connectivity index is 1.65. The lowest BCUT2D eigenvalue weighted by Crippen LogP contribution is -2.22. The molecule has 0 radical (unpaired) electrons. The average molecular weight is 396 g/mol. The molecule has 24 heavy (non-hydrogen) atoms. The van der Waals surface area contributed by atoms with Gasteiger partial charge in [-0.1, -0.05) is 29.3 Å². The van der Waals surface area contributed by atoms with E-state index in [1.54, 1.807) is 24.3 Å². The SMILES string of the molecule is O=C(c1cccs1)c1ccc(CNC(=O)c2ccc(Cl)cc2Cl)s1.